The van der Waals surface area contributed by atoms with Gasteiger partial charge in [0.15, 0.2) is 0 Å². The van der Waals surface area contributed by atoms with Crippen molar-refractivity contribution in [2.45, 2.75) is 13.2 Å². The molecule has 2 rings (SSSR count). The summed E-state index contributed by atoms with van der Waals surface area (Å²) >= 11 is 0. The molecule has 2 N–H and O–H groups in total. The Hall–Kier alpha value is -1.32. The molecule has 3 nitrogen and oxygen atoms in total. The topological polar surface area (TPSA) is 48.4 Å². The minimum atomic E-state index is 0.497. The molecular formula is C11H13NO2. The lowest BCUT2D eigenvalue weighted by atomic mass is 10.1. The molecule has 2 aromatic rings. The van der Waals surface area contributed by atoms with Crippen molar-refractivity contribution in [1.82, 2.24) is 0 Å². The summed E-state index contributed by atoms with van der Waals surface area (Å²) < 4.78 is 10.5. The van der Waals surface area contributed by atoms with Crippen molar-refractivity contribution in [3.05, 3.63) is 35.6 Å². The van der Waals surface area contributed by atoms with Gasteiger partial charge in [-0.1, -0.05) is 18.2 Å². The van der Waals surface area contributed by atoms with Gasteiger partial charge in [0, 0.05) is 30.2 Å². The van der Waals surface area contributed by atoms with Gasteiger partial charge in [-0.2, -0.15) is 0 Å². The second-order valence-corrected chi connectivity index (χ2v) is 3.19. The highest BCUT2D eigenvalue weighted by atomic mass is 16.5. The summed E-state index contributed by atoms with van der Waals surface area (Å²) in [5.74, 6) is 0. The van der Waals surface area contributed by atoms with Gasteiger partial charge in [-0.3, -0.25) is 0 Å². The second kappa shape index (κ2) is 3.82. The predicted molar refractivity (Wildman–Crippen MR) is 54.8 cm³/mol. The van der Waals surface area contributed by atoms with Gasteiger partial charge in [0.25, 0.3) is 0 Å². The lowest BCUT2D eigenvalue weighted by molar-refractivity contribution is 0.185. The van der Waals surface area contributed by atoms with Crippen LogP contribution in [0.25, 0.3) is 11.0 Å². The zero-order valence-corrected chi connectivity index (χ0v) is 8.12. The SMILES string of the molecule is COCc1coc2c(CN)cccc12. The summed E-state index contributed by atoms with van der Waals surface area (Å²) in [5.41, 5.74) is 8.58. The first-order chi connectivity index (χ1) is 6.86. The van der Waals surface area contributed by atoms with Crippen LogP contribution >= 0.6 is 0 Å². The van der Waals surface area contributed by atoms with Crippen molar-refractivity contribution in [2.75, 3.05) is 7.11 Å². The van der Waals surface area contributed by atoms with E-state index in [1.54, 1.807) is 13.4 Å². The maximum atomic E-state index is 5.61. The van der Waals surface area contributed by atoms with E-state index in [0.717, 1.165) is 22.1 Å². The highest BCUT2D eigenvalue weighted by Crippen LogP contribution is 2.24. The molecule has 3 heteroatoms. The molecule has 74 valence electrons. The maximum absolute atomic E-state index is 5.61. The number of furan rings is 1. The number of methoxy groups -OCH3 is 1. The summed E-state index contributed by atoms with van der Waals surface area (Å²) in [6, 6.07) is 5.98. The molecule has 0 unspecified atom stereocenters. The lowest BCUT2D eigenvalue weighted by Crippen LogP contribution is -1.96. The van der Waals surface area contributed by atoms with Crippen molar-refractivity contribution >= 4 is 11.0 Å². The molecular weight excluding hydrogens is 178 g/mol. The zero-order valence-electron chi connectivity index (χ0n) is 8.12. The van der Waals surface area contributed by atoms with Crippen molar-refractivity contribution in [2.24, 2.45) is 5.73 Å². The molecule has 0 saturated carbocycles. The molecule has 0 saturated heterocycles. The third-order valence-corrected chi connectivity index (χ3v) is 2.28. The van der Waals surface area contributed by atoms with Gasteiger partial charge in [-0.15, -0.1) is 0 Å². The molecule has 0 amide bonds. The van der Waals surface area contributed by atoms with E-state index in [0.29, 0.717) is 13.2 Å². The number of nitrogens with two attached hydrogens (primary N) is 1. The van der Waals surface area contributed by atoms with Gasteiger partial charge < -0.3 is 14.9 Å². The summed E-state index contributed by atoms with van der Waals surface area (Å²) in [6.07, 6.45) is 1.73. The Morgan fingerprint density at radius 2 is 2.21 bits per heavy atom. The highest BCUT2D eigenvalue weighted by Gasteiger charge is 2.07. The smallest absolute Gasteiger partial charge is 0.138 e. The fourth-order valence-electron chi connectivity index (χ4n) is 1.60. The van der Waals surface area contributed by atoms with Crippen LogP contribution in [0.5, 0.6) is 0 Å². The number of para-hydroxylation sites is 1. The highest BCUT2D eigenvalue weighted by molar-refractivity contribution is 5.83. The van der Waals surface area contributed by atoms with Gasteiger partial charge in [-0.25, -0.2) is 0 Å². The van der Waals surface area contributed by atoms with E-state index in [1.165, 1.54) is 0 Å². The monoisotopic (exact) mass is 191 g/mol. The first-order valence-corrected chi connectivity index (χ1v) is 4.53. The molecule has 0 atom stereocenters. The molecule has 0 radical (unpaired) electrons. The summed E-state index contributed by atoms with van der Waals surface area (Å²) in [4.78, 5) is 0. The van der Waals surface area contributed by atoms with Crippen LogP contribution < -0.4 is 5.73 Å². The van der Waals surface area contributed by atoms with Gasteiger partial charge >= 0.3 is 0 Å². The second-order valence-electron chi connectivity index (χ2n) is 3.19. The number of benzene rings is 1. The molecule has 1 aromatic carbocycles. The van der Waals surface area contributed by atoms with Crippen molar-refractivity contribution in [3.63, 3.8) is 0 Å². The average Bonchev–Trinajstić information content (AvgIpc) is 2.62. The van der Waals surface area contributed by atoms with E-state index in [4.69, 9.17) is 14.9 Å². The van der Waals surface area contributed by atoms with Crippen LogP contribution in [0.3, 0.4) is 0 Å². The molecule has 0 bridgehead atoms. The molecule has 0 fully saturated rings. The molecule has 0 aliphatic heterocycles. The van der Waals surface area contributed by atoms with Crippen LogP contribution in [-0.2, 0) is 17.9 Å². The first-order valence-electron chi connectivity index (χ1n) is 4.53. The molecule has 14 heavy (non-hydrogen) atoms. The standard InChI is InChI=1S/C11H13NO2/c1-13-6-9-7-14-11-8(5-12)3-2-4-10(9)11/h2-4,7H,5-6,12H2,1H3. The van der Waals surface area contributed by atoms with Crippen LogP contribution in [0.4, 0.5) is 0 Å². The van der Waals surface area contributed by atoms with Gasteiger partial charge in [0.2, 0.25) is 0 Å². The van der Waals surface area contributed by atoms with Crippen LogP contribution in [0.15, 0.2) is 28.9 Å². The Morgan fingerprint density at radius 3 is 2.93 bits per heavy atom. The Kier molecular flexibility index (Phi) is 2.52. The minimum absolute atomic E-state index is 0.497. The lowest BCUT2D eigenvalue weighted by Gasteiger charge is -1.98. The fraction of sp³-hybridized carbons (Fsp3) is 0.273. The Balaban J connectivity index is 2.57. The molecule has 0 spiro atoms. The largest absolute Gasteiger partial charge is 0.464 e. The minimum Gasteiger partial charge on any atom is -0.464 e. The fourth-order valence-corrected chi connectivity index (χ4v) is 1.60. The normalized spacial score (nSPS) is 11.0. The van der Waals surface area contributed by atoms with Crippen molar-refractivity contribution in [3.8, 4) is 0 Å². The van der Waals surface area contributed by atoms with E-state index in [2.05, 4.69) is 0 Å². The van der Waals surface area contributed by atoms with Crippen LogP contribution in [-0.4, -0.2) is 7.11 Å². The molecule has 0 aliphatic rings. The van der Waals surface area contributed by atoms with Crippen molar-refractivity contribution < 1.29 is 9.15 Å². The van der Waals surface area contributed by atoms with Crippen molar-refractivity contribution in [1.29, 1.82) is 0 Å². The quantitative estimate of drug-likeness (QED) is 0.807. The number of rotatable bonds is 3. The summed E-state index contributed by atoms with van der Waals surface area (Å²) in [6.45, 7) is 1.07. The average molecular weight is 191 g/mol. The Labute approximate surface area is 82.5 Å². The first kappa shape index (κ1) is 9.24. The molecule has 0 aliphatic carbocycles. The van der Waals surface area contributed by atoms with Gasteiger partial charge in [0.05, 0.1) is 12.9 Å². The van der Waals surface area contributed by atoms with Gasteiger partial charge in [-0.05, 0) is 0 Å². The maximum Gasteiger partial charge on any atom is 0.138 e. The number of ether oxygens (including phenoxy) is 1. The summed E-state index contributed by atoms with van der Waals surface area (Å²) in [5, 5.41) is 1.09. The number of hydrogen-bond acceptors (Lipinski definition) is 3. The third-order valence-electron chi connectivity index (χ3n) is 2.28. The van der Waals surface area contributed by atoms with E-state index in [1.807, 2.05) is 18.2 Å². The van der Waals surface area contributed by atoms with Crippen LogP contribution in [0.1, 0.15) is 11.1 Å². The van der Waals surface area contributed by atoms with Crippen LogP contribution in [0.2, 0.25) is 0 Å². The van der Waals surface area contributed by atoms with E-state index >= 15 is 0 Å². The van der Waals surface area contributed by atoms with Gasteiger partial charge in [0.1, 0.15) is 5.58 Å². The number of fused-ring (bicyclic) bond motifs is 1. The Morgan fingerprint density at radius 1 is 1.36 bits per heavy atom. The zero-order chi connectivity index (χ0) is 9.97. The van der Waals surface area contributed by atoms with E-state index < -0.39 is 0 Å². The number of hydrogen-bond donors (Lipinski definition) is 1. The Bertz CT molecular complexity index is 434. The van der Waals surface area contributed by atoms with E-state index in [9.17, 15) is 0 Å². The van der Waals surface area contributed by atoms with Crippen LogP contribution in [0, 0.1) is 0 Å². The van der Waals surface area contributed by atoms with E-state index in [-0.39, 0.29) is 0 Å². The predicted octanol–water partition coefficient (Wildman–Crippen LogP) is 2.04. The molecule has 1 aromatic heterocycles. The summed E-state index contributed by atoms with van der Waals surface area (Å²) in [7, 11) is 1.67. The molecule has 1 heterocycles. The third kappa shape index (κ3) is 1.41.